The molecule has 0 spiro atoms. The zero-order valence-electron chi connectivity index (χ0n) is 6.16. The van der Waals surface area contributed by atoms with Gasteiger partial charge in [-0.25, -0.2) is 4.39 Å². The second-order valence-corrected chi connectivity index (χ2v) is 3.14. The van der Waals surface area contributed by atoms with Gasteiger partial charge in [0.1, 0.15) is 6.17 Å². The standard InChI is InChI=1S/C7H13FO2/c1-3-5(8)4(2)7(10)6(3)9/h3-7,9-10H,1-2H3. The summed E-state index contributed by atoms with van der Waals surface area (Å²) in [4.78, 5) is 0. The van der Waals surface area contributed by atoms with Crippen molar-refractivity contribution in [1.29, 1.82) is 0 Å². The van der Waals surface area contributed by atoms with E-state index in [4.69, 9.17) is 10.2 Å². The summed E-state index contributed by atoms with van der Waals surface area (Å²) in [6.07, 6.45) is -2.83. The number of alkyl halides is 1. The maximum atomic E-state index is 12.9. The molecule has 2 N–H and O–H groups in total. The predicted octanol–water partition coefficient (Wildman–Crippen LogP) is 0.332. The zero-order chi connectivity index (χ0) is 7.89. The van der Waals surface area contributed by atoms with Gasteiger partial charge in [0.2, 0.25) is 0 Å². The molecule has 0 saturated heterocycles. The zero-order valence-corrected chi connectivity index (χ0v) is 6.16. The van der Waals surface area contributed by atoms with E-state index in [1.165, 1.54) is 0 Å². The van der Waals surface area contributed by atoms with E-state index in [1.54, 1.807) is 13.8 Å². The molecule has 1 aliphatic carbocycles. The molecule has 0 bridgehead atoms. The van der Waals surface area contributed by atoms with Gasteiger partial charge in [-0.05, 0) is 0 Å². The average molecular weight is 148 g/mol. The maximum Gasteiger partial charge on any atom is 0.110 e. The summed E-state index contributed by atoms with van der Waals surface area (Å²) < 4.78 is 12.9. The van der Waals surface area contributed by atoms with Gasteiger partial charge < -0.3 is 10.2 Å². The molecule has 1 fully saturated rings. The van der Waals surface area contributed by atoms with Crippen molar-refractivity contribution in [1.82, 2.24) is 0 Å². The lowest BCUT2D eigenvalue weighted by Gasteiger charge is -2.11. The van der Waals surface area contributed by atoms with Gasteiger partial charge in [-0.2, -0.15) is 0 Å². The van der Waals surface area contributed by atoms with E-state index < -0.39 is 30.2 Å². The van der Waals surface area contributed by atoms with Crippen LogP contribution in [0.15, 0.2) is 0 Å². The molecule has 4 atom stereocenters. The van der Waals surface area contributed by atoms with Crippen LogP contribution in [0.2, 0.25) is 0 Å². The summed E-state index contributed by atoms with van der Waals surface area (Å²) in [5.74, 6) is -0.852. The summed E-state index contributed by atoms with van der Waals surface area (Å²) >= 11 is 0. The molecule has 4 unspecified atom stereocenters. The average Bonchev–Trinajstić information content (AvgIpc) is 2.07. The van der Waals surface area contributed by atoms with E-state index in [9.17, 15) is 4.39 Å². The highest BCUT2D eigenvalue weighted by Gasteiger charge is 2.44. The lowest BCUT2D eigenvalue weighted by atomic mass is 10.1. The Morgan fingerprint density at radius 1 is 1.00 bits per heavy atom. The van der Waals surface area contributed by atoms with Gasteiger partial charge in [0.25, 0.3) is 0 Å². The minimum absolute atomic E-state index is 0.426. The minimum Gasteiger partial charge on any atom is -0.390 e. The predicted molar refractivity (Wildman–Crippen MR) is 35.2 cm³/mol. The number of rotatable bonds is 0. The number of aliphatic hydroxyl groups is 2. The lowest BCUT2D eigenvalue weighted by molar-refractivity contribution is 0.00981. The van der Waals surface area contributed by atoms with Crippen molar-refractivity contribution in [2.45, 2.75) is 32.2 Å². The Labute approximate surface area is 59.7 Å². The smallest absolute Gasteiger partial charge is 0.110 e. The van der Waals surface area contributed by atoms with E-state index >= 15 is 0 Å². The van der Waals surface area contributed by atoms with Crippen molar-refractivity contribution in [3.8, 4) is 0 Å². The second kappa shape index (κ2) is 2.47. The topological polar surface area (TPSA) is 40.5 Å². The van der Waals surface area contributed by atoms with E-state index in [2.05, 4.69) is 0 Å². The van der Waals surface area contributed by atoms with E-state index in [-0.39, 0.29) is 0 Å². The second-order valence-electron chi connectivity index (χ2n) is 3.14. The molecule has 10 heavy (non-hydrogen) atoms. The van der Waals surface area contributed by atoms with Crippen molar-refractivity contribution in [3.63, 3.8) is 0 Å². The van der Waals surface area contributed by atoms with Gasteiger partial charge in [0, 0.05) is 11.8 Å². The third-order valence-electron chi connectivity index (χ3n) is 2.43. The van der Waals surface area contributed by atoms with Gasteiger partial charge in [0.05, 0.1) is 12.2 Å². The van der Waals surface area contributed by atoms with Crippen LogP contribution in [0.3, 0.4) is 0 Å². The molecule has 1 aliphatic rings. The summed E-state index contributed by atoms with van der Waals surface area (Å²) in [7, 11) is 0. The Morgan fingerprint density at radius 2 is 1.30 bits per heavy atom. The highest BCUT2D eigenvalue weighted by Crippen LogP contribution is 2.33. The van der Waals surface area contributed by atoms with Crippen LogP contribution in [0.5, 0.6) is 0 Å². The highest BCUT2D eigenvalue weighted by molar-refractivity contribution is 4.93. The monoisotopic (exact) mass is 148 g/mol. The molecule has 0 aliphatic heterocycles. The van der Waals surface area contributed by atoms with Crippen LogP contribution < -0.4 is 0 Å². The van der Waals surface area contributed by atoms with Crippen molar-refractivity contribution in [2.75, 3.05) is 0 Å². The summed E-state index contributed by atoms with van der Waals surface area (Å²) in [6, 6.07) is 0. The van der Waals surface area contributed by atoms with Crippen LogP contribution in [-0.2, 0) is 0 Å². The Morgan fingerprint density at radius 3 is 1.40 bits per heavy atom. The molecule has 0 radical (unpaired) electrons. The van der Waals surface area contributed by atoms with Crippen LogP contribution in [0.1, 0.15) is 13.8 Å². The molecule has 0 aromatic rings. The largest absolute Gasteiger partial charge is 0.390 e. The molecule has 3 heteroatoms. The summed E-state index contributed by atoms with van der Waals surface area (Å²) in [6.45, 7) is 3.23. The van der Waals surface area contributed by atoms with Gasteiger partial charge in [-0.1, -0.05) is 13.8 Å². The van der Waals surface area contributed by atoms with Crippen LogP contribution in [0.25, 0.3) is 0 Å². The molecule has 0 heterocycles. The fourth-order valence-electron chi connectivity index (χ4n) is 1.48. The third-order valence-corrected chi connectivity index (χ3v) is 2.43. The first kappa shape index (κ1) is 7.95. The Bertz CT molecular complexity index is 83.9. The molecule has 0 amide bonds. The Balaban J connectivity index is 2.68. The minimum atomic E-state index is -1.06. The van der Waals surface area contributed by atoms with Gasteiger partial charge in [-0.3, -0.25) is 0 Å². The first-order valence-electron chi connectivity index (χ1n) is 3.56. The lowest BCUT2D eigenvalue weighted by Crippen LogP contribution is -2.26. The fourth-order valence-corrected chi connectivity index (χ4v) is 1.48. The normalized spacial score (nSPS) is 55.5. The first-order chi connectivity index (χ1) is 4.55. The van der Waals surface area contributed by atoms with E-state index in [1.807, 2.05) is 0 Å². The number of hydrogen-bond donors (Lipinski definition) is 2. The van der Waals surface area contributed by atoms with Crippen molar-refractivity contribution in [2.24, 2.45) is 11.8 Å². The molecule has 0 aromatic carbocycles. The SMILES string of the molecule is CC1C(O)C(O)C(C)C1F. The Hall–Kier alpha value is -0.150. The van der Waals surface area contributed by atoms with Gasteiger partial charge in [0.15, 0.2) is 0 Å². The number of aliphatic hydroxyl groups excluding tert-OH is 2. The van der Waals surface area contributed by atoms with Crippen molar-refractivity contribution in [3.05, 3.63) is 0 Å². The molecular weight excluding hydrogens is 135 g/mol. The fraction of sp³-hybridized carbons (Fsp3) is 1.00. The molecule has 2 nitrogen and oxygen atoms in total. The molecular formula is C7H13FO2. The molecule has 0 aromatic heterocycles. The maximum absolute atomic E-state index is 12.9. The third kappa shape index (κ3) is 0.935. The van der Waals surface area contributed by atoms with Crippen LogP contribution in [-0.4, -0.2) is 28.6 Å². The quantitative estimate of drug-likeness (QED) is 0.519. The highest BCUT2D eigenvalue weighted by atomic mass is 19.1. The van der Waals surface area contributed by atoms with Crippen molar-refractivity contribution < 1.29 is 14.6 Å². The van der Waals surface area contributed by atoms with Gasteiger partial charge in [-0.15, -0.1) is 0 Å². The summed E-state index contributed by atoms with van der Waals surface area (Å²) in [5, 5.41) is 18.2. The van der Waals surface area contributed by atoms with Gasteiger partial charge >= 0.3 is 0 Å². The first-order valence-corrected chi connectivity index (χ1v) is 3.56. The number of hydrogen-bond acceptors (Lipinski definition) is 2. The molecule has 1 saturated carbocycles. The van der Waals surface area contributed by atoms with Crippen LogP contribution in [0, 0.1) is 11.8 Å². The summed E-state index contributed by atoms with van der Waals surface area (Å²) in [5.41, 5.74) is 0. The molecule has 1 rings (SSSR count). The van der Waals surface area contributed by atoms with E-state index in [0.29, 0.717) is 0 Å². The Kier molecular flexibility index (Phi) is 1.97. The van der Waals surface area contributed by atoms with E-state index in [0.717, 1.165) is 0 Å². The van der Waals surface area contributed by atoms with Crippen molar-refractivity contribution >= 4 is 0 Å². The molecule has 60 valence electrons. The number of halogens is 1. The van der Waals surface area contributed by atoms with Crippen LogP contribution in [0.4, 0.5) is 4.39 Å². The van der Waals surface area contributed by atoms with Crippen LogP contribution >= 0.6 is 0 Å².